The van der Waals surface area contributed by atoms with Crippen LogP contribution < -0.4 is 11.1 Å². The zero-order valence-electron chi connectivity index (χ0n) is 14.4. The molecule has 0 fully saturated rings. The number of hydrogen-bond acceptors (Lipinski definition) is 4. The van der Waals surface area contributed by atoms with Gasteiger partial charge in [-0.05, 0) is 30.2 Å². The average Bonchev–Trinajstić information content (AvgIpc) is 3.15. The van der Waals surface area contributed by atoms with E-state index in [0.717, 1.165) is 5.56 Å². The Balaban J connectivity index is 1.75. The van der Waals surface area contributed by atoms with Gasteiger partial charge in [0.05, 0.1) is 27.8 Å². The number of hydrogen-bond donors (Lipinski definition) is 2. The Bertz CT molecular complexity index is 935. The van der Waals surface area contributed by atoms with Crippen molar-refractivity contribution in [3.8, 4) is 11.3 Å². The number of aromatic nitrogens is 2. The highest BCUT2D eigenvalue weighted by Gasteiger charge is 2.21. The van der Waals surface area contributed by atoms with Gasteiger partial charge in [-0.3, -0.25) is 9.48 Å². The number of halogens is 3. The molecule has 0 saturated heterocycles. The van der Waals surface area contributed by atoms with Gasteiger partial charge < -0.3 is 11.1 Å². The maximum Gasteiger partial charge on any atom is 0.229 e. The summed E-state index contributed by atoms with van der Waals surface area (Å²) in [6.07, 6.45) is 1.96. The molecule has 0 bridgehead atoms. The highest BCUT2D eigenvalue weighted by molar-refractivity contribution is 7.20. The maximum absolute atomic E-state index is 13.0. The van der Waals surface area contributed by atoms with Crippen LogP contribution in [0.3, 0.4) is 0 Å². The Labute approximate surface area is 169 Å². The van der Waals surface area contributed by atoms with Crippen LogP contribution in [-0.2, 0) is 18.3 Å². The minimum Gasteiger partial charge on any atom is -0.330 e. The molecule has 0 aliphatic carbocycles. The highest BCUT2D eigenvalue weighted by Crippen LogP contribution is 2.41. The number of amides is 1. The molecular formula is C18H17Cl2FN4OS. The molecule has 3 aromatic rings. The first-order valence-corrected chi connectivity index (χ1v) is 9.69. The number of nitrogens with zero attached hydrogens (tertiary/aromatic N) is 2. The number of aryl methyl sites for hydroxylation is 1. The second kappa shape index (κ2) is 8.39. The fourth-order valence-corrected chi connectivity index (χ4v) is 4.17. The quantitative estimate of drug-likeness (QED) is 0.615. The van der Waals surface area contributed by atoms with Crippen LogP contribution in [0.4, 0.5) is 9.39 Å². The number of thiophene rings is 1. The number of anilines is 1. The molecule has 3 rings (SSSR count). The van der Waals surface area contributed by atoms with Crippen molar-refractivity contribution >= 4 is 45.4 Å². The van der Waals surface area contributed by atoms with Crippen molar-refractivity contribution in [3.05, 3.63) is 57.3 Å². The van der Waals surface area contributed by atoms with E-state index in [1.165, 1.54) is 29.7 Å². The number of benzene rings is 1. The number of carbonyl (C=O) groups is 1. The van der Waals surface area contributed by atoms with Crippen molar-refractivity contribution in [2.45, 2.75) is 6.42 Å². The Morgan fingerprint density at radius 3 is 2.67 bits per heavy atom. The summed E-state index contributed by atoms with van der Waals surface area (Å²) in [5.41, 5.74) is 7.99. The summed E-state index contributed by atoms with van der Waals surface area (Å²) < 4.78 is 15.2. The van der Waals surface area contributed by atoms with Gasteiger partial charge in [0, 0.05) is 19.2 Å². The van der Waals surface area contributed by atoms with Crippen molar-refractivity contribution in [3.63, 3.8) is 0 Å². The van der Waals surface area contributed by atoms with E-state index in [-0.39, 0.29) is 18.3 Å². The average molecular weight is 427 g/mol. The van der Waals surface area contributed by atoms with Crippen LogP contribution in [-0.4, -0.2) is 22.2 Å². The number of carbonyl (C=O) groups excluding carboxylic acids is 1. The second-order valence-electron chi connectivity index (χ2n) is 6.02. The van der Waals surface area contributed by atoms with Crippen molar-refractivity contribution in [2.24, 2.45) is 18.7 Å². The van der Waals surface area contributed by atoms with E-state index >= 15 is 0 Å². The van der Waals surface area contributed by atoms with Crippen LogP contribution in [0.25, 0.3) is 11.3 Å². The van der Waals surface area contributed by atoms with E-state index < -0.39 is 5.92 Å². The van der Waals surface area contributed by atoms with Gasteiger partial charge in [-0.25, -0.2) is 4.39 Å². The van der Waals surface area contributed by atoms with E-state index in [0.29, 0.717) is 32.0 Å². The van der Waals surface area contributed by atoms with Crippen molar-refractivity contribution in [2.75, 3.05) is 11.9 Å². The van der Waals surface area contributed by atoms with E-state index in [1.807, 2.05) is 0 Å². The fourth-order valence-electron chi connectivity index (χ4n) is 2.72. The first-order valence-electron chi connectivity index (χ1n) is 8.11. The third-order valence-electron chi connectivity index (χ3n) is 4.13. The molecule has 0 spiro atoms. The molecule has 0 saturated carbocycles. The summed E-state index contributed by atoms with van der Waals surface area (Å²) >= 11 is 13.7. The molecule has 2 aromatic heterocycles. The lowest BCUT2D eigenvalue weighted by Crippen LogP contribution is -2.30. The minimum absolute atomic E-state index is 0.169. The molecule has 142 valence electrons. The third kappa shape index (κ3) is 4.50. The Morgan fingerprint density at radius 2 is 2.07 bits per heavy atom. The smallest absolute Gasteiger partial charge is 0.229 e. The van der Waals surface area contributed by atoms with Crippen LogP contribution >= 0.6 is 34.5 Å². The zero-order chi connectivity index (χ0) is 19.6. The molecule has 2 heterocycles. The molecule has 9 heteroatoms. The van der Waals surface area contributed by atoms with Gasteiger partial charge in [-0.1, -0.05) is 35.3 Å². The highest BCUT2D eigenvalue weighted by atomic mass is 35.5. The van der Waals surface area contributed by atoms with Crippen molar-refractivity contribution in [1.82, 2.24) is 9.78 Å². The van der Waals surface area contributed by atoms with E-state index in [1.54, 1.807) is 29.9 Å². The van der Waals surface area contributed by atoms with Crippen LogP contribution in [0.1, 0.15) is 5.56 Å². The Hall–Kier alpha value is -1.93. The molecule has 1 amide bonds. The molecule has 0 aliphatic rings. The molecule has 1 aromatic carbocycles. The van der Waals surface area contributed by atoms with Gasteiger partial charge in [0.1, 0.15) is 10.2 Å². The monoisotopic (exact) mass is 426 g/mol. The SMILES string of the molecule is Cn1ncc(Cl)c1-c1cc(NC(=O)[C@H](CN)Cc2ccc(F)cc2)sc1Cl. The van der Waals surface area contributed by atoms with Crippen LogP contribution in [0, 0.1) is 11.7 Å². The number of rotatable bonds is 6. The summed E-state index contributed by atoms with van der Waals surface area (Å²) in [6.45, 7) is 0.169. The Kier molecular flexibility index (Phi) is 6.16. The fraction of sp³-hybridized carbons (Fsp3) is 0.222. The standard InChI is InChI=1S/C18H17Cl2FN4OS/c1-25-16(14(19)9-23-25)13-7-15(27-17(13)20)24-18(26)11(8-22)6-10-2-4-12(21)5-3-10/h2-5,7,9,11H,6,8,22H2,1H3,(H,24,26)/t11-/m0/s1. The lowest BCUT2D eigenvalue weighted by atomic mass is 9.98. The van der Waals surface area contributed by atoms with Crippen LogP contribution in [0.5, 0.6) is 0 Å². The lowest BCUT2D eigenvalue weighted by molar-refractivity contribution is -0.119. The van der Waals surface area contributed by atoms with Gasteiger partial charge in [0.25, 0.3) is 0 Å². The first-order chi connectivity index (χ1) is 12.9. The van der Waals surface area contributed by atoms with E-state index in [4.69, 9.17) is 28.9 Å². The Morgan fingerprint density at radius 1 is 1.37 bits per heavy atom. The van der Waals surface area contributed by atoms with Crippen LogP contribution in [0.15, 0.2) is 36.5 Å². The van der Waals surface area contributed by atoms with Crippen molar-refractivity contribution in [1.29, 1.82) is 0 Å². The van der Waals surface area contributed by atoms with Gasteiger partial charge in [0.15, 0.2) is 0 Å². The summed E-state index contributed by atoms with van der Waals surface area (Å²) in [5.74, 6) is -0.982. The summed E-state index contributed by atoms with van der Waals surface area (Å²) in [5, 5.41) is 8.02. The predicted octanol–water partition coefficient (Wildman–Crippen LogP) is 4.35. The van der Waals surface area contributed by atoms with Gasteiger partial charge in [-0.15, -0.1) is 11.3 Å². The molecule has 0 radical (unpaired) electrons. The maximum atomic E-state index is 13.0. The molecule has 0 aliphatic heterocycles. The normalized spacial score (nSPS) is 12.2. The molecule has 3 N–H and O–H groups in total. The van der Waals surface area contributed by atoms with Gasteiger partial charge in [0.2, 0.25) is 5.91 Å². The zero-order valence-corrected chi connectivity index (χ0v) is 16.7. The third-order valence-corrected chi connectivity index (χ3v) is 5.68. The van der Waals surface area contributed by atoms with E-state index in [2.05, 4.69) is 10.4 Å². The first kappa shape index (κ1) is 19.8. The largest absolute Gasteiger partial charge is 0.330 e. The van der Waals surface area contributed by atoms with Crippen molar-refractivity contribution < 1.29 is 9.18 Å². The van der Waals surface area contributed by atoms with Gasteiger partial charge in [-0.2, -0.15) is 5.10 Å². The lowest BCUT2D eigenvalue weighted by Gasteiger charge is -2.14. The minimum atomic E-state index is -0.444. The molecular weight excluding hydrogens is 410 g/mol. The summed E-state index contributed by atoms with van der Waals surface area (Å²) in [7, 11) is 1.76. The molecule has 27 heavy (non-hydrogen) atoms. The summed E-state index contributed by atoms with van der Waals surface area (Å²) in [6, 6.07) is 7.79. The topological polar surface area (TPSA) is 72.9 Å². The summed E-state index contributed by atoms with van der Waals surface area (Å²) in [4.78, 5) is 12.6. The molecule has 5 nitrogen and oxygen atoms in total. The number of nitrogens with two attached hydrogens (primary N) is 1. The van der Waals surface area contributed by atoms with Crippen LogP contribution in [0.2, 0.25) is 9.36 Å². The molecule has 0 unspecified atom stereocenters. The second-order valence-corrected chi connectivity index (χ2v) is 8.08. The van der Waals surface area contributed by atoms with Gasteiger partial charge >= 0.3 is 0 Å². The predicted molar refractivity (Wildman–Crippen MR) is 108 cm³/mol. The van der Waals surface area contributed by atoms with E-state index in [9.17, 15) is 9.18 Å². The number of nitrogens with one attached hydrogen (secondary N) is 1. The molecule has 1 atom stereocenters.